The summed E-state index contributed by atoms with van der Waals surface area (Å²) in [6.45, 7) is 2.07. The molecule has 1 aliphatic rings. The number of carbonyl (C=O) groups is 2. The van der Waals surface area contributed by atoms with Gasteiger partial charge in [-0.3, -0.25) is 9.59 Å². The Balaban J connectivity index is 1.89. The van der Waals surface area contributed by atoms with Crippen molar-refractivity contribution in [3.63, 3.8) is 0 Å². The third kappa shape index (κ3) is 3.31. The molecule has 4 heteroatoms. The first-order valence-electron chi connectivity index (χ1n) is 5.90. The molecule has 4 nitrogen and oxygen atoms in total. The van der Waals surface area contributed by atoms with E-state index in [-0.39, 0.29) is 6.04 Å². The molecule has 0 aliphatic heterocycles. The molecule has 0 saturated heterocycles. The molecule has 0 atom stereocenters. The van der Waals surface area contributed by atoms with Gasteiger partial charge in [0.05, 0.1) is 0 Å². The lowest BCUT2D eigenvalue weighted by Gasteiger charge is -2.06. The maximum atomic E-state index is 11.5. The van der Waals surface area contributed by atoms with Crippen molar-refractivity contribution in [2.75, 3.05) is 5.32 Å². The molecule has 0 radical (unpaired) electrons. The molecular formula is C13H16N2O2. The molecule has 1 fully saturated rings. The smallest absolute Gasteiger partial charge is 0.313 e. The van der Waals surface area contributed by atoms with Crippen molar-refractivity contribution in [1.29, 1.82) is 0 Å². The number of rotatable bonds is 3. The number of amides is 2. The summed E-state index contributed by atoms with van der Waals surface area (Å²) < 4.78 is 0. The van der Waals surface area contributed by atoms with E-state index >= 15 is 0 Å². The summed E-state index contributed by atoms with van der Waals surface area (Å²) in [4.78, 5) is 22.9. The normalized spacial score (nSPS) is 14.2. The van der Waals surface area contributed by atoms with Crippen LogP contribution < -0.4 is 10.6 Å². The van der Waals surface area contributed by atoms with Crippen LogP contribution in [-0.4, -0.2) is 17.9 Å². The van der Waals surface area contributed by atoms with Crippen LogP contribution in [0.25, 0.3) is 0 Å². The van der Waals surface area contributed by atoms with Crippen molar-refractivity contribution < 1.29 is 9.59 Å². The number of hydrogen-bond acceptors (Lipinski definition) is 2. The summed E-state index contributed by atoms with van der Waals surface area (Å²) in [5, 5.41) is 5.22. The molecule has 90 valence electrons. The fourth-order valence-corrected chi connectivity index (χ4v) is 1.49. The van der Waals surface area contributed by atoms with Crippen LogP contribution in [0, 0.1) is 0 Å². The van der Waals surface area contributed by atoms with E-state index in [0.717, 1.165) is 19.3 Å². The Kier molecular flexibility index (Phi) is 3.42. The van der Waals surface area contributed by atoms with E-state index in [4.69, 9.17) is 0 Å². The Bertz CT molecular complexity index is 422. The first-order valence-corrected chi connectivity index (χ1v) is 5.90. The molecule has 0 heterocycles. The first-order chi connectivity index (χ1) is 8.19. The number of benzene rings is 1. The lowest BCUT2D eigenvalue weighted by atomic mass is 10.1. The van der Waals surface area contributed by atoms with Gasteiger partial charge in [0.15, 0.2) is 0 Å². The Morgan fingerprint density at radius 1 is 1.18 bits per heavy atom. The molecule has 1 aliphatic carbocycles. The summed E-state index contributed by atoms with van der Waals surface area (Å²) >= 11 is 0. The maximum Gasteiger partial charge on any atom is 0.313 e. The highest BCUT2D eigenvalue weighted by Gasteiger charge is 2.26. The van der Waals surface area contributed by atoms with E-state index in [2.05, 4.69) is 17.6 Å². The van der Waals surface area contributed by atoms with Gasteiger partial charge in [0.2, 0.25) is 0 Å². The van der Waals surface area contributed by atoms with Gasteiger partial charge in [0.25, 0.3) is 0 Å². The predicted molar refractivity (Wildman–Crippen MR) is 65.6 cm³/mol. The number of hydrogen-bond donors (Lipinski definition) is 2. The number of anilines is 1. The standard InChI is InChI=1S/C13H16N2O2/c1-2-9-3-5-10(6-4-9)14-12(16)13(17)15-11-7-8-11/h3-6,11H,2,7-8H2,1H3,(H,14,16)(H,15,17). The average molecular weight is 232 g/mol. The minimum absolute atomic E-state index is 0.204. The highest BCUT2D eigenvalue weighted by atomic mass is 16.2. The minimum atomic E-state index is -0.596. The van der Waals surface area contributed by atoms with Crippen LogP contribution in [0.4, 0.5) is 5.69 Å². The maximum absolute atomic E-state index is 11.5. The van der Waals surface area contributed by atoms with Gasteiger partial charge in [0.1, 0.15) is 0 Å². The fourth-order valence-electron chi connectivity index (χ4n) is 1.49. The van der Waals surface area contributed by atoms with Crippen LogP contribution in [0.3, 0.4) is 0 Å². The Labute approximate surface area is 100 Å². The first kappa shape index (κ1) is 11.6. The monoisotopic (exact) mass is 232 g/mol. The molecule has 1 saturated carbocycles. The van der Waals surface area contributed by atoms with Gasteiger partial charge in [-0.05, 0) is 37.0 Å². The van der Waals surface area contributed by atoms with Gasteiger partial charge in [-0.2, -0.15) is 0 Å². The third-order valence-corrected chi connectivity index (χ3v) is 2.74. The van der Waals surface area contributed by atoms with E-state index in [1.165, 1.54) is 5.56 Å². The zero-order chi connectivity index (χ0) is 12.3. The largest absolute Gasteiger partial charge is 0.345 e. The van der Waals surface area contributed by atoms with Gasteiger partial charge in [-0.1, -0.05) is 19.1 Å². The molecule has 2 N–H and O–H groups in total. The Hall–Kier alpha value is -1.84. The summed E-state index contributed by atoms with van der Waals surface area (Å²) in [6.07, 6.45) is 2.91. The Morgan fingerprint density at radius 3 is 2.35 bits per heavy atom. The van der Waals surface area contributed by atoms with Gasteiger partial charge in [-0.15, -0.1) is 0 Å². The molecule has 17 heavy (non-hydrogen) atoms. The van der Waals surface area contributed by atoms with E-state index in [9.17, 15) is 9.59 Å². The van der Waals surface area contributed by atoms with Crippen molar-refractivity contribution in [3.05, 3.63) is 29.8 Å². The van der Waals surface area contributed by atoms with Crippen LogP contribution in [0.15, 0.2) is 24.3 Å². The van der Waals surface area contributed by atoms with Crippen molar-refractivity contribution in [2.24, 2.45) is 0 Å². The van der Waals surface area contributed by atoms with E-state index in [0.29, 0.717) is 5.69 Å². The lowest BCUT2D eigenvalue weighted by Crippen LogP contribution is -2.36. The summed E-state index contributed by atoms with van der Waals surface area (Å²) in [6, 6.07) is 7.70. The van der Waals surface area contributed by atoms with Crippen molar-refractivity contribution in [1.82, 2.24) is 5.32 Å². The van der Waals surface area contributed by atoms with Crippen LogP contribution in [0.1, 0.15) is 25.3 Å². The molecule has 0 unspecified atom stereocenters. The van der Waals surface area contributed by atoms with Gasteiger partial charge in [0, 0.05) is 11.7 Å². The molecular weight excluding hydrogens is 216 g/mol. The zero-order valence-electron chi connectivity index (χ0n) is 9.82. The molecule has 1 aromatic rings. The van der Waals surface area contributed by atoms with E-state index < -0.39 is 11.8 Å². The summed E-state index contributed by atoms with van der Waals surface area (Å²) in [5.74, 6) is -1.15. The molecule has 2 rings (SSSR count). The molecule has 2 amide bonds. The van der Waals surface area contributed by atoms with Gasteiger partial charge >= 0.3 is 11.8 Å². The van der Waals surface area contributed by atoms with E-state index in [1.54, 1.807) is 12.1 Å². The number of carbonyl (C=O) groups excluding carboxylic acids is 2. The SMILES string of the molecule is CCc1ccc(NC(=O)C(=O)NC2CC2)cc1. The molecule has 0 bridgehead atoms. The molecule has 0 aromatic heterocycles. The minimum Gasteiger partial charge on any atom is -0.345 e. The topological polar surface area (TPSA) is 58.2 Å². The highest BCUT2D eigenvalue weighted by Crippen LogP contribution is 2.18. The second-order valence-electron chi connectivity index (χ2n) is 4.25. The number of aryl methyl sites for hydroxylation is 1. The molecule has 1 aromatic carbocycles. The fraction of sp³-hybridized carbons (Fsp3) is 0.385. The van der Waals surface area contributed by atoms with Crippen LogP contribution in [0.2, 0.25) is 0 Å². The summed E-state index contributed by atoms with van der Waals surface area (Å²) in [5.41, 5.74) is 1.85. The lowest BCUT2D eigenvalue weighted by molar-refractivity contribution is -0.136. The summed E-state index contributed by atoms with van der Waals surface area (Å²) in [7, 11) is 0. The Morgan fingerprint density at radius 2 is 1.82 bits per heavy atom. The molecule has 0 spiro atoms. The van der Waals surface area contributed by atoms with E-state index in [1.807, 2.05) is 12.1 Å². The van der Waals surface area contributed by atoms with Crippen LogP contribution in [-0.2, 0) is 16.0 Å². The van der Waals surface area contributed by atoms with Crippen LogP contribution in [0.5, 0.6) is 0 Å². The van der Waals surface area contributed by atoms with Crippen LogP contribution >= 0.6 is 0 Å². The van der Waals surface area contributed by atoms with Crippen molar-refractivity contribution in [2.45, 2.75) is 32.2 Å². The average Bonchev–Trinajstić information content (AvgIpc) is 3.14. The van der Waals surface area contributed by atoms with Gasteiger partial charge < -0.3 is 10.6 Å². The predicted octanol–water partition coefficient (Wildman–Crippen LogP) is 1.47. The highest BCUT2D eigenvalue weighted by molar-refractivity contribution is 6.39. The number of nitrogens with one attached hydrogen (secondary N) is 2. The van der Waals surface area contributed by atoms with Crippen molar-refractivity contribution >= 4 is 17.5 Å². The zero-order valence-corrected chi connectivity index (χ0v) is 9.82. The second-order valence-corrected chi connectivity index (χ2v) is 4.25. The third-order valence-electron chi connectivity index (χ3n) is 2.74. The second kappa shape index (κ2) is 4.99. The quantitative estimate of drug-likeness (QED) is 0.775. The van der Waals surface area contributed by atoms with Gasteiger partial charge in [-0.25, -0.2) is 0 Å². The van der Waals surface area contributed by atoms with Crippen molar-refractivity contribution in [3.8, 4) is 0 Å².